The molecule has 0 amide bonds. The molecular formula is C21H19F2NO3S. The molecule has 0 fully saturated rings. The fraction of sp³-hybridized carbons (Fsp3) is 0.143. The zero-order valence-corrected chi connectivity index (χ0v) is 16.2. The van der Waals surface area contributed by atoms with Crippen molar-refractivity contribution in [2.24, 2.45) is 0 Å². The highest BCUT2D eigenvalue weighted by Gasteiger charge is 2.27. The molecule has 3 aromatic carbocycles. The van der Waals surface area contributed by atoms with E-state index >= 15 is 0 Å². The number of hydrogen-bond donors (Lipinski definition) is 0. The quantitative estimate of drug-likeness (QED) is 0.601. The lowest BCUT2D eigenvalue weighted by molar-refractivity contribution is 0.414. The van der Waals surface area contributed by atoms with E-state index < -0.39 is 21.7 Å². The Morgan fingerprint density at radius 2 is 1.50 bits per heavy atom. The first-order chi connectivity index (χ1) is 13.3. The standard InChI is InChI=1S/C21H19F2NO3S/c1-15-3-6-18(23)13-21(15)28(25,26)24(19-9-7-17(22)8-10-19)14-16-4-11-20(27-2)12-5-16/h3-13H,14H2,1-2H3. The Kier molecular flexibility index (Phi) is 5.65. The van der Waals surface area contributed by atoms with E-state index in [1.165, 1.54) is 43.5 Å². The van der Waals surface area contributed by atoms with Gasteiger partial charge in [-0.15, -0.1) is 0 Å². The van der Waals surface area contributed by atoms with Gasteiger partial charge in [0, 0.05) is 0 Å². The van der Waals surface area contributed by atoms with E-state index in [1.807, 2.05) is 0 Å². The number of ether oxygens (including phenoxy) is 1. The first-order valence-electron chi connectivity index (χ1n) is 8.48. The second-order valence-corrected chi connectivity index (χ2v) is 8.08. The Labute approximate surface area is 163 Å². The summed E-state index contributed by atoms with van der Waals surface area (Å²) in [7, 11) is -2.56. The van der Waals surface area contributed by atoms with Crippen molar-refractivity contribution < 1.29 is 21.9 Å². The van der Waals surface area contributed by atoms with Crippen LogP contribution in [0.1, 0.15) is 11.1 Å². The third-order valence-corrected chi connectivity index (χ3v) is 6.23. The van der Waals surface area contributed by atoms with E-state index in [4.69, 9.17) is 4.74 Å². The lowest BCUT2D eigenvalue weighted by Crippen LogP contribution is -2.31. The molecule has 0 aliphatic rings. The van der Waals surface area contributed by atoms with Crippen LogP contribution in [0.5, 0.6) is 5.75 Å². The molecular weight excluding hydrogens is 384 g/mol. The van der Waals surface area contributed by atoms with Gasteiger partial charge in [0.15, 0.2) is 0 Å². The Morgan fingerprint density at radius 3 is 2.11 bits per heavy atom. The van der Waals surface area contributed by atoms with E-state index in [1.54, 1.807) is 31.2 Å². The summed E-state index contributed by atoms with van der Waals surface area (Å²) in [6.45, 7) is 1.59. The third kappa shape index (κ3) is 4.14. The Bertz CT molecular complexity index is 1070. The maximum Gasteiger partial charge on any atom is 0.264 e. The lowest BCUT2D eigenvalue weighted by atomic mass is 10.2. The number of sulfonamides is 1. The topological polar surface area (TPSA) is 46.6 Å². The highest BCUT2D eigenvalue weighted by atomic mass is 32.2. The zero-order chi connectivity index (χ0) is 20.3. The highest BCUT2D eigenvalue weighted by molar-refractivity contribution is 7.92. The Hall–Kier alpha value is -2.93. The summed E-state index contributed by atoms with van der Waals surface area (Å²) in [4.78, 5) is -0.134. The number of benzene rings is 3. The van der Waals surface area contributed by atoms with Gasteiger partial charge in [0.25, 0.3) is 10.0 Å². The molecule has 7 heteroatoms. The second-order valence-electron chi connectivity index (χ2n) is 6.25. The van der Waals surface area contributed by atoms with Crippen molar-refractivity contribution in [3.8, 4) is 5.75 Å². The van der Waals surface area contributed by atoms with Crippen LogP contribution in [0.2, 0.25) is 0 Å². The predicted octanol–water partition coefficient (Wildman–Crippen LogP) is 4.68. The second kappa shape index (κ2) is 7.98. The Morgan fingerprint density at radius 1 is 0.893 bits per heavy atom. The minimum absolute atomic E-state index is 0.00604. The fourth-order valence-corrected chi connectivity index (χ4v) is 4.48. The zero-order valence-electron chi connectivity index (χ0n) is 15.4. The highest BCUT2D eigenvalue weighted by Crippen LogP contribution is 2.29. The van der Waals surface area contributed by atoms with E-state index in [2.05, 4.69) is 0 Å². The van der Waals surface area contributed by atoms with Gasteiger partial charge in [-0.3, -0.25) is 4.31 Å². The van der Waals surface area contributed by atoms with Crippen LogP contribution in [0.25, 0.3) is 0 Å². The lowest BCUT2D eigenvalue weighted by Gasteiger charge is -2.25. The summed E-state index contributed by atoms with van der Waals surface area (Å²) >= 11 is 0. The van der Waals surface area contributed by atoms with Crippen LogP contribution in [0.4, 0.5) is 14.5 Å². The molecule has 3 aromatic rings. The molecule has 0 radical (unpaired) electrons. The molecule has 28 heavy (non-hydrogen) atoms. The smallest absolute Gasteiger partial charge is 0.264 e. The van der Waals surface area contributed by atoms with Crippen LogP contribution in [-0.4, -0.2) is 15.5 Å². The summed E-state index contributed by atoms with van der Waals surface area (Å²) in [5, 5.41) is 0. The van der Waals surface area contributed by atoms with Crippen LogP contribution in [-0.2, 0) is 16.6 Å². The minimum atomic E-state index is -4.09. The number of rotatable bonds is 6. The SMILES string of the molecule is COc1ccc(CN(c2ccc(F)cc2)S(=O)(=O)c2cc(F)ccc2C)cc1. The molecule has 0 unspecified atom stereocenters. The van der Waals surface area contributed by atoms with Crippen LogP contribution < -0.4 is 9.04 Å². The summed E-state index contributed by atoms with van der Waals surface area (Å²) < 4.78 is 60.1. The minimum Gasteiger partial charge on any atom is -0.497 e. The van der Waals surface area contributed by atoms with Gasteiger partial charge in [-0.25, -0.2) is 17.2 Å². The van der Waals surface area contributed by atoms with Gasteiger partial charge in [0.1, 0.15) is 17.4 Å². The van der Waals surface area contributed by atoms with Gasteiger partial charge in [-0.05, 0) is 66.6 Å². The van der Waals surface area contributed by atoms with Crippen molar-refractivity contribution in [3.63, 3.8) is 0 Å². The Balaban J connectivity index is 2.09. The molecule has 0 atom stereocenters. The van der Waals surface area contributed by atoms with Gasteiger partial charge >= 0.3 is 0 Å². The molecule has 4 nitrogen and oxygen atoms in total. The van der Waals surface area contributed by atoms with Crippen molar-refractivity contribution in [1.82, 2.24) is 0 Å². The van der Waals surface area contributed by atoms with Crippen molar-refractivity contribution in [2.45, 2.75) is 18.4 Å². The van der Waals surface area contributed by atoms with Crippen LogP contribution in [0, 0.1) is 18.6 Å². The fourth-order valence-electron chi connectivity index (χ4n) is 2.79. The van der Waals surface area contributed by atoms with Gasteiger partial charge < -0.3 is 4.74 Å². The number of anilines is 1. The number of aryl methyl sites for hydroxylation is 1. The monoisotopic (exact) mass is 403 g/mol. The van der Waals surface area contributed by atoms with Crippen LogP contribution >= 0.6 is 0 Å². The van der Waals surface area contributed by atoms with Crippen molar-refractivity contribution in [1.29, 1.82) is 0 Å². The maximum atomic E-state index is 13.8. The molecule has 146 valence electrons. The van der Waals surface area contributed by atoms with Crippen molar-refractivity contribution in [3.05, 3.63) is 89.5 Å². The molecule has 0 heterocycles. The van der Waals surface area contributed by atoms with E-state index in [-0.39, 0.29) is 17.1 Å². The van der Waals surface area contributed by atoms with Crippen LogP contribution in [0.3, 0.4) is 0 Å². The van der Waals surface area contributed by atoms with Gasteiger partial charge in [0.05, 0.1) is 24.2 Å². The molecule has 0 aliphatic heterocycles. The molecule has 0 N–H and O–H groups in total. The van der Waals surface area contributed by atoms with Crippen LogP contribution in [0.15, 0.2) is 71.6 Å². The average molecular weight is 403 g/mol. The van der Waals surface area contributed by atoms with Gasteiger partial charge in [0.2, 0.25) is 0 Å². The van der Waals surface area contributed by atoms with Crippen molar-refractivity contribution in [2.75, 3.05) is 11.4 Å². The third-order valence-electron chi connectivity index (χ3n) is 4.32. The summed E-state index contributed by atoms with van der Waals surface area (Å²) in [5.74, 6) is -0.485. The summed E-state index contributed by atoms with van der Waals surface area (Å²) in [6, 6.07) is 15.7. The normalized spacial score (nSPS) is 11.3. The molecule has 0 spiro atoms. The molecule has 0 aliphatic carbocycles. The molecule has 3 rings (SSSR count). The average Bonchev–Trinajstić information content (AvgIpc) is 2.69. The summed E-state index contributed by atoms with van der Waals surface area (Å²) in [6.07, 6.45) is 0. The largest absolute Gasteiger partial charge is 0.497 e. The van der Waals surface area contributed by atoms with E-state index in [0.29, 0.717) is 16.9 Å². The molecule has 0 aromatic heterocycles. The van der Waals surface area contributed by atoms with E-state index in [9.17, 15) is 17.2 Å². The predicted molar refractivity (Wildman–Crippen MR) is 104 cm³/mol. The number of nitrogens with zero attached hydrogens (tertiary/aromatic N) is 1. The number of hydrogen-bond acceptors (Lipinski definition) is 3. The van der Waals surface area contributed by atoms with Gasteiger partial charge in [-0.1, -0.05) is 18.2 Å². The molecule has 0 saturated heterocycles. The molecule has 0 bridgehead atoms. The summed E-state index contributed by atoms with van der Waals surface area (Å²) in [5.41, 5.74) is 1.40. The van der Waals surface area contributed by atoms with E-state index in [0.717, 1.165) is 10.4 Å². The molecule has 0 saturated carbocycles. The first-order valence-corrected chi connectivity index (χ1v) is 9.92. The van der Waals surface area contributed by atoms with Gasteiger partial charge in [-0.2, -0.15) is 0 Å². The first kappa shape index (κ1) is 19.8. The number of halogens is 2. The maximum absolute atomic E-state index is 13.8. The van der Waals surface area contributed by atoms with Crippen molar-refractivity contribution >= 4 is 15.7 Å². The number of methoxy groups -OCH3 is 1.